The van der Waals surface area contributed by atoms with Crippen LogP contribution in [-0.2, 0) is 0 Å². The molecule has 0 radical (unpaired) electrons. The van der Waals surface area contributed by atoms with Crippen LogP contribution in [0.1, 0.15) is 22.8 Å². The first-order valence-electron chi connectivity index (χ1n) is 7.43. The smallest absolute Gasteiger partial charge is 0.160 e. The Balaban J connectivity index is 2.18. The molecule has 1 heteroatoms. The van der Waals surface area contributed by atoms with E-state index in [-0.39, 0.29) is 5.78 Å². The number of ketones is 1. The van der Waals surface area contributed by atoms with E-state index in [0.717, 1.165) is 16.7 Å². The van der Waals surface area contributed by atoms with Gasteiger partial charge in [0, 0.05) is 5.56 Å². The third-order valence-corrected chi connectivity index (χ3v) is 3.94. The van der Waals surface area contributed by atoms with Gasteiger partial charge in [-0.25, -0.2) is 0 Å². The lowest BCUT2D eigenvalue weighted by atomic mass is 9.91. The summed E-state index contributed by atoms with van der Waals surface area (Å²) in [5.41, 5.74) is 6.42. The summed E-state index contributed by atoms with van der Waals surface area (Å²) in [6.07, 6.45) is 0. The molecule has 0 N–H and O–H groups in total. The summed E-state index contributed by atoms with van der Waals surface area (Å²) in [6.45, 7) is 3.70. The number of benzene rings is 3. The van der Waals surface area contributed by atoms with Crippen molar-refractivity contribution in [2.75, 3.05) is 0 Å². The lowest BCUT2D eigenvalue weighted by Gasteiger charge is -2.12. The molecule has 3 aromatic carbocycles. The average molecular weight is 286 g/mol. The minimum atomic E-state index is 0.0973. The number of rotatable bonds is 3. The van der Waals surface area contributed by atoms with Crippen molar-refractivity contribution in [1.82, 2.24) is 0 Å². The lowest BCUT2D eigenvalue weighted by Crippen LogP contribution is -1.97. The van der Waals surface area contributed by atoms with Gasteiger partial charge in [0.25, 0.3) is 0 Å². The zero-order chi connectivity index (χ0) is 15.5. The molecule has 0 aromatic heterocycles. The number of hydrogen-bond donors (Lipinski definition) is 0. The monoisotopic (exact) mass is 286 g/mol. The fourth-order valence-electron chi connectivity index (χ4n) is 2.75. The van der Waals surface area contributed by atoms with Gasteiger partial charge in [-0.15, -0.1) is 0 Å². The number of aryl methyl sites for hydroxylation is 1. The van der Waals surface area contributed by atoms with Crippen LogP contribution >= 0.6 is 0 Å². The molecule has 0 saturated heterocycles. The molecule has 3 rings (SSSR count). The highest BCUT2D eigenvalue weighted by Gasteiger charge is 2.11. The summed E-state index contributed by atoms with van der Waals surface area (Å²) in [7, 11) is 0. The maximum Gasteiger partial charge on any atom is 0.160 e. The topological polar surface area (TPSA) is 17.1 Å². The van der Waals surface area contributed by atoms with Crippen LogP contribution in [0.2, 0.25) is 0 Å². The van der Waals surface area contributed by atoms with Crippen LogP contribution in [0.4, 0.5) is 0 Å². The summed E-state index contributed by atoms with van der Waals surface area (Å²) >= 11 is 0. The van der Waals surface area contributed by atoms with E-state index in [1.807, 2.05) is 42.5 Å². The first-order chi connectivity index (χ1) is 10.7. The predicted octanol–water partition coefficient (Wildman–Crippen LogP) is 5.53. The van der Waals surface area contributed by atoms with Crippen LogP contribution in [-0.4, -0.2) is 5.78 Å². The Morgan fingerprint density at radius 2 is 1.41 bits per heavy atom. The van der Waals surface area contributed by atoms with Crippen molar-refractivity contribution < 1.29 is 4.79 Å². The Bertz CT molecular complexity index is 816. The summed E-state index contributed by atoms with van der Waals surface area (Å²) < 4.78 is 0. The van der Waals surface area contributed by atoms with Crippen LogP contribution in [0.5, 0.6) is 0 Å². The molecule has 22 heavy (non-hydrogen) atoms. The molecule has 3 aromatic rings. The zero-order valence-corrected chi connectivity index (χ0v) is 12.8. The Hall–Kier alpha value is -2.67. The largest absolute Gasteiger partial charge is 0.294 e. The molecule has 0 aliphatic rings. The maximum atomic E-state index is 11.9. The minimum absolute atomic E-state index is 0.0973. The van der Waals surface area contributed by atoms with Crippen molar-refractivity contribution >= 4 is 5.78 Å². The van der Waals surface area contributed by atoms with E-state index in [4.69, 9.17) is 0 Å². The molecule has 0 saturated carbocycles. The Kier molecular flexibility index (Phi) is 3.88. The Morgan fingerprint density at radius 1 is 0.727 bits per heavy atom. The van der Waals surface area contributed by atoms with Crippen LogP contribution < -0.4 is 0 Å². The summed E-state index contributed by atoms with van der Waals surface area (Å²) in [4.78, 5) is 11.9. The van der Waals surface area contributed by atoms with Gasteiger partial charge in [-0.1, -0.05) is 66.7 Å². The number of hydrogen-bond acceptors (Lipinski definition) is 1. The second kappa shape index (κ2) is 5.98. The third-order valence-electron chi connectivity index (χ3n) is 3.94. The van der Waals surface area contributed by atoms with Crippen molar-refractivity contribution in [2.45, 2.75) is 13.8 Å². The Labute approximate surface area is 131 Å². The highest BCUT2D eigenvalue weighted by molar-refractivity contribution is 6.01. The number of carbonyl (C=O) groups excluding carboxylic acids is 1. The Morgan fingerprint density at radius 3 is 2.14 bits per heavy atom. The molecule has 0 unspecified atom stereocenters. The van der Waals surface area contributed by atoms with E-state index in [2.05, 4.69) is 37.3 Å². The fraction of sp³-hybridized carbons (Fsp3) is 0.0952. The van der Waals surface area contributed by atoms with Crippen molar-refractivity contribution in [1.29, 1.82) is 0 Å². The van der Waals surface area contributed by atoms with Crippen molar-refractivity contribution in [3.05, 3.63) is 83.9 Å². The van der Waals surface area contributed by atoms with Crippen LogP contribution in [0.3, 0.4) is 0 Å². The second-order valence-corrected chi connectivity index (χ2v) is 5.50. The molecule has 0 aliphatic carbocycles. The van der Waals surface area contributed by atoms with Gasteiger partial charge in [0.15, 0.2) is 5.78 Å². The normalized spacial score (nSPS) is 10.5. The molecular formula is C21H18O. The number of carbonyl (C=O) groups is 1. The quantitative estimate of drug-likeness (QED) is 0.578. The standard InChI is InChI=1S/C21H18O/c1-15-12-13-18(17-8-4-3-5-9-17)14-21(15)20-11-7-6-10-19(20)16(2)22/h3-14H,1-2H3. The van der Waals surface area contributed by atoms with Gasteiger partial charge in [-0.3, -0.25) is 4.79 Å². The molecule has 0 spiro atoms. The molecule has 0 bridgehead atoms. The van der Waals surface area contributed by atoms with Crippen LogP contribution in [0.15, 0.2) is 72.8 Å². The molecular weight excluding hydrogens is 268 g/mol. The van der Waals surface area contributed by atoms with E-state index in [1.165, 1.54) is 16.7 Å². The number of Topliss-reactive ketones (excluding diaryl/α,β-unsaturated/α-hetero) is 1. The van der Waals surface area contributed by atoms with Crippen molar-refractivity contribution in [3.8, 4) is 22.3 Å². The van der Waals surface area contributed by atoms with Gasteiger partial charge in [0.2, 0.25) is 0 Å². The molecule has 1 nitrogen and oxygen atoms in total. The van der Waals surface area contributed by atoms with Gasteiger partial charge in [0.1, 0.15) is 0 Å². The highest BCUT2D eigenvalue weighted by atomic mass is 16.1. The molecule has 108 valence electrons. The minimum Gasteiger partial charge on any atom is -0.294 e. The van der Waals surface area contributed by atoms with Gasteiger partial charge in [-0.05, 0) is 47.7 Å². The lowest BCUT2D eigenvalue weighted by molar-refractivity contribution is 0.101. The van der Waals surface area contributed by atoms with Gasteiger partial charge in [-0.2, -0.15) is 0 Å². The van der Waals surface area contributed by atoms with E-state index in [9.17, 15) is 4.79 Å². The first kappa shape index (κ1) is 14.3. The summed E-state index contributed by atoms with van der Waals surface area (Å²) in [5.74, 6) is 0.0973. The van der Waals surface area contributed by atoms with E-state index in [1.54, 1.807) is 6.92 Å². The molecule has 0 fully saturated rings. The highest BCUT2D eigenvalue weighted by Crippen LogP contribution is 2.31. The summed E-state index contributed by atoms with van der Waals surface area (Å²) in [6, 6.07) is 24.5. The maximum absolute atomic E-state index is 11.9. The third kappa shape index (κ3) is 2.71. The fourth-order valence-corrected chi connectivity index (χ4v) is 2.75. The molecule has 0 amide bonds. The van der Waals surface area contributed by atoms with Gasteiger partial charge < -0.3 is 0 Å². The molecule has 0 aliphatic heterocycles. The van der Waals surface area contributed by atoms with Crippen molar-refractivity contribution in [3.63, 3.8) is 0 Å². The SMILES string of the molecule is CC(=O)c1ccccc1-c1cc(-c2ccccc2)ccc1C. The van der Waals surface area contributed by atoms with Crippen LogP contribution in [0.25, 0.3) is 22.3 Å². The summed E-state index contributed by atoms with van der Waals surface area (Å²) in [5, 5.41) is 0. The van der Waals surface area contributed by atoms with E-state index < -0.39 is 0 Å². The van der Waals surface area contributed by atoms with E-state index in [0.29, 0.717) is 0 Å². The predicted molar refractivity (Wildman–Crippen MR) is 92.1 cm³/mol. The molecule has 0 heterocycles. The first-order valence-corrected chi connectivity index (χ1v) is 7.43. The molecule has 0 atom stereocenters. The van der Waals surface area contributed by atoms with Crippen LogP contribution in [0, 0.1) is 6.92 Å². The average Bonchev–Trinajstić information content (AvgIpc) is 2.56. The van der Waals surface area contributed by atoms with Gasteiger partial charge >= 0.3 is 0 Å². The van der Waals surface area contributed by atoms with Gasteiger partial charge in [0.05, 0.1) is 0 Å². The van der Waals surface area contributed by atoms with Crippen molar-refractivity contribution in [2.24, 2.45) is 0 Å². The second-order valence-electron chi connectivity index (χ2n) is 5.50. The van der Waals surface area contributed by atoms with E-state index >= 15 is 0 Å². The zero-order valence-electron chi connectivity index (χ0n) is 12.8.